The molecule has 0 aromatic heterocycles. The van der Waals surface area contributed by atoms with Gasteiger partial charge in [-0.3, -0.25) is 0 Å². The molecule has 1 aliphatic carbocycles. The topological polar surface area (TPSA) is 32.3 Å². The van der Waals surface area contributed by atoms with Crippen LogP contribution in [0.4, 0.5) is 17.1 Å². The van der Waals surface area contributed by atoms with E-state index in [2.05, 4.69) is 142 Å². The van der Waals surface area contributed by atoms with Gasteiger partial charge in [-0.1, -0.05) is 94.1 Å². The fourth-order valence-electron chi connectivity index (χ4n) is 7.62. The van der Waals surface area contributed by atoms with E-state index >= 15 is 0 Å². The largest absolute Gasteiger partial charge is 0.399 e. The van der Waals surface area contributed by atoms with Crippen LogP contribution in [-0.4, -0.2) is 23.4 Å². The number of anilines is 2. The molecule has 0 fully saturated rings. The molecule has 3 aliphatic rings. The Hall–Kier alpha value is -3.76. The number of rotatable bonds is 9. The van der Waals surface area contributed by atoms with Crippen LogP contribution in [0, 0.1) is 0 Å². The van der Waals surface area contributed by atoms with Crippen molar-refractivity contribution in [2.75, 3.05) is 23.7 Å². The van der Waals surface area contributed by atoms with Gasteiger partial charge in [-0.05, 0) is 86.6 Å². The van der Waals surface area contributed by atoms with Gasteiger partial charge in [0.05, 0.1) is 5.41 Å². The van der Waals surface area contributed by atoms with E-state index in [9.17, 15) is 0 Å². The maximum Gasteiger partial charge on any atom is 0.209 e. The molecular weight excluding hydrogens is 579 g/mol. The molecule has 238 valence electrons. The van der Waals surface area contributed by atoms with Crippen molar-refractivity contribution in [3.05, 3.63) is 130 Å². The summed E-state index contributed by atoms with van der Waals surface area (Å²) in [5, 5.41) is 0. The predicted molar refractivity (Wildman–Crippen MR) is 200 cm³/mol. The molecule has 2 N–H and O–H groups in total. The minimum absolute atomic E-state index is 0.0481. The number of nitrogens with zero attached hydrogens (tertiary/aromatic N) is 2. The Morgan fingerprint density at radius 2 is 1.59 bits per heavy atom. The molecule has 2 aliphatic heterocycles. The van der Waals surface area contributed by atoms with E-state index in [0.29, 0.717) is 0 Å². The lowest BCUT2D eigenvalue weighted by Crippen LogP contribution is -2.28. The van der Waals surface area contributed by atoms with Gasteiger partial charge in [0.1, 0.15) is 6.54 Å². The average Bonchev–Trinajstić information content (AvgIpc) is 3.39. The summed E-state index contributed by atoms with van der Waals surface area (Å²) in [6, 6.07) is 26.2. The summed E-state index contributed by atoms with van der Waals surface area (Å²) in [4.78, 5) is 5.11. The van der Waals surface area contributed by atoms with Crippen LogP contribution >= 0.6 is 11.8 Å². The highest BCUT2D eigenvalue weighted by atomic mass is 32.2. The van der Waals surface area contributed by atoms with Crippen molar-refractivity contribution in [2.24, 2.45) is 0 Å². The summed E-state index contributed by atoms with van der Waals surface area (Å²) in [5.41, 5.74) is 18.1. The number of hydrogen-bond donors (Lipinski definition) is 1. The second-order valence-electron chi connectivity index (χ2n) is 13.9. The Morgan fingerprint density at radius 3 is 2.35 bits per heavy atom. The van der Waals surface area contributed by atoms with Crippen molar-refractivity contribution in [2.45, 2.75) is 89.4 Å². The molecule has 0 saturated heterocycles. The number of allylic oxidation sites excluding steroid dienone is 7. The molecule has 6 rings (SSSR count). The van der Waals surface area contributed by atoms with Crippen LogP contribution in [-0.2, 0) is 10.8 Å². The molecule has 0 atom stereocenters. The van der Waals surface area contributed by atoms with Crippen LogP contribution in [0.3, 0.4) is 0 Å². The minimum Gasteiger partial charge on any atom is -0.399 e. The zero-order chi connectivity index (χ0) is 32.5. The molecular formula is C42H50N3S+. The highest BCUT2D eigenvalue weighted by molar-refractivity contribution is 8.03. The molecule has 0 saturated carbocycles. The van der Waals surface area contributed by atoms with Gasteiger partial charge in [-0.15, -0.1) is 0 Å². The van der Waals surface area contributed by atoms with E-state index in [1.807, 2.05) is 17.8 Å². The number of nitrogen functional groups attached to an aromatic ring is 1. The molecule has 3 aromatic carbocycles. The SMILES string of the molecule is CCCN1/C(=C/C=C2\CCCC(/C=C/C3=[N+](CCC)c4ccccc4C3(C)C)=C2Sc2cccc(N)c2)C(C)(C)c2ccccc21. The van der Waals surface area contributed by atoms with Crippen molar-refractivity contribution in [3.63, 3.8) is 0 Å². The third-order valence-electron chi connectivity index (χ3n) is 9.93. The van der Waals surface area contributed by atoms with Gasteiger partial charge in [0.15, 0.2) is 5.71 Å². The van der Waals surface area contributed by atoms with E-state index in [4.69, 9.17) is 5.73 Å². The number of nitrogens with two attached hydrogens (primary N) is 1. The minimum atomic E-state index is -0.0481. The third kappa shape index (κ3) is 5.93. The Labute approximate surface area is 281 Å². The summed E-state index contributed by atoms with van der Waals surface area (Å²) in [6.07, 6.45) is 15.2. The number of hydrogen-bond acceptors (Lipinski definition) is 3. The van der Waals surface area contributed by atoms with E-state index in [0.717, 1.165) is 50.9 Å². The van der Waals surface area contributed by atoms with Crippen LogP contribution in [0.25, 0.3) is 0 Å². The predicted octanol–water partition coefficient (Wildman–Crippen LogP) is 10.9. The van der Waals surface area contributed by atoms with Gasteiger partial charge in [0.25, 0.3) is 0 Å². The van der Waals surface area contributed by atoms with Crippen LogP contribution in [0.15, 0.2) is 124 Å². The summed E-state index contributed by atoms with van der Waals surface area (Å²) in [5.74, 6) is 0. The molecule has 3 aromatic rings. The number of thioether (sulfide) groups is 1. The standard InChI is InChI=1S/C42H50N3S/c1-7-27-44-36-21-11-9-19-34(36)41(3,4)38(44)25-23-30-15-13-16-31(40(30)46-33-18-14-17-32(43)29-33)24-26-39-42(5,6)35-20-10-12-22-37(35)45(39)28-8-2/h9-12,14,17-26,29H,7-8,13,15-16,27-28,43H2,1-6H3/q+1. The van der Waals surface area contributed by atoms with Crippen LogP contribution < -0.4 is 10.6 Å². The molecule has 0 spiro atoms. The smallest absolute Gasteiger partial charge is 0.209 e. The first-order valence-electron chi connectivity index (χ1n) is 17.1. The molecule has 2 heterocycles. The van der Waals surface area contributed by atoms with Crippen LogP contribution in [0.2, 0.25) is 0 Å². The normalized spacial score (nSPS) is 20.3. The van der Waals surface area contributed by atoms with Gasteiger partial charge in [0.2, 0.25) is 5.69 Å². The van der Waals surface area contributed by atoms with Crippen molar-refractivity contribution in [3.8, 4) is 0 Å². The van der Waals surface area contributed by atoms with Crippen LogP contribution in [0.5, 0.6) is 0 Å². The fourth-order valence-corrected chi connectivity index (χ4v) is 8.80. The highest BCUT2D eigenvalue weighted by Gasteiger charge is 2.44. The number of para-hydroxylation sites is 2. The van der Waals surface area contributed by atoms with Crippen molar-refractivity contribution < 1.29 is 4.58 Å². The van der Waals surface area contributed by atoms with Crippen molar-refractivity contribution in [1.29, 1.82) is 0 Å². The first kappa shape index (κ1) is 32.2. The van der Waals surface area contributed by atoms with Crippen molar-refractivity contribution in [1.82, 2.24) is 0 Å². The Bertz CT molecular complexity index is 1780. The first-order chi connectivity index (χ1) is 22.2. The molecule has 46 heavy (non-hydrogen) atoms. The quantitative estimate of drug-likeness (QED) is 0.189. The lowest BCUT2D eigenvalue weighted by Gasteiger charge is -2.27. The van der Waals surface area contributed by atoms with E-state index in [-0.39, 0.29) is 10.8 Å². The molecule has 4 heteroatoms. The van der Waals surface area contributed by atoms with Gasteiger partial charge < -0.3 is 10.6 Å². The summed E-state index contributed by atoms with van der Waals surface area (Å²) in [6.45, 7) is 16.1. The molecule has 0 bridgehead atoms. The average molecular weight is 629 g/mol. The second kappa shape index (κ2) is 13.2. The fraction of sp³-hybridized carbons (Fsp3) is 0.357. The second-order valence-corrected chi connectivity index (χ2v) is 15.0. The van der Waals surface area contributed by atoms with Crippen LogP contribution in [0.1, 0.15) is 84.8 Å². The molecule has 0 unspecified atom stereocenters. The van der Waals surface area contributed by atoms with E-state index in [1.165, 1.54) is 54.9 Å². The van der Waals surface area contributed by atoms with E-state index < -0.39 is 0 Å². The molecule has 0 radical (unpaired) electrons. The zero-order valence-electron chi connectivity index (χ0n) is 28.6. The summed E-state index contributed by atoms with van der Waals surface area (Å²) < 4.78 is 2.54. The van der Waals surface area contributed by atoms with Crippen molar-refractivity contribution >= 4 is 34.5 Å². The Morgan fingerprint density at radius 1 is 0.826 bits per heavy atom. The lowest BCUT2D eigenvalue weighted by molar-refractivity contribution is -0.437. The maximum atomic E-state index is 6.26. The lowest BCUT2D eigenvalue weighted by atomic mass is 9.81. The number of fused-ring (bicyclic) bond motifs is 2. The van der Waals surface area contributed by atoms with Gasteiger partial charge in [0, 0.05) is 63.0 Å². The monoisotopic (exact) mass is 628 g/mol. The zero-order valence-corrected chi connectivity index (χ0v) is 29.4. The summed E-state index contributed by atoms with van der Waals surface area (Å²) in [7, 11) is 0. The first-order valence-corrected chi connectivity index (χ1v) is 18.0. The Kier molecular flexibility index (Phi) is 9.21. The van der Waals surface area contributed by atoms with Gasteiger partial charge in [-0.25, -0.2) is 0 Å². The summed E-state index contributed by atoms with van der Waals surface area (Å²) >= 11 is 1.87. The maximum absolute atomic E-state index is 6.26. The number of benzene rings is 3. The molecule has 0 amide bonds. The highest BCUT2D eigenvalue weighted by Crippen LogP contribution is 2.48. The van der Waals surface area contributed by atoms with E-state index in [1.54, 1.807) is 0 Å². The third-order valence-corrected chi connectivity index (χ3v) is 11.1. The van der Waals surface area contributed by atoms with Gasteiger partial charge >= 0.3 is 0 Å². The Balaban J connectivity index is 1.45. The van der Waals surface area contributed by atoms with Gasteiger partial charge in [-0.2, -0.15) is 4.58 Å². The molecule has 3 nitrogen and oxygen atoms in total.